The number of halogens is 1. The van der Waals surface area contributed by atoms with Gasteiger partial charge in [-0.1, -0.05) is 6.92 Å². The van der Waals surface area contributed by atoms with Crippen LogP contribution in [0.15, 0.2) is 0 Å². The van der Waals surface area contributed by atoms with Crippen molar-refractivity contribution in [2.45, 2.75) is 57.9 Å². The first-order valence-electron chi connectivity index (χ1n) is 7.20. The summed E-state index contributed by atoms with van der Waals surface area (Å²) in [5.74, 6) is 1.13. The number of amides is 1. The molecule has 1 unspecified atom stereocenters. The van der Waals surface area contributed by atoms with Gasteiger partial charge in [0.1, 0.15) is 0 Å². The summed E-state index contributed by atoms with van der Waals surface area (Å²) in [4.78, 5) is 14.7. The zero-order valence-electron chi connectivity index (χ0n) is 11.7. The monoisotopic (exact) mass is 274 g/mol. The Kier molecular flexibility index (Phi) is 5.93. The first-order valence-corrected chi connectivity index (χ1v) is 7.20. The zero-order valence-corrected chi connectivity index (χ0v) is 12.5. The van der Waals surface area contributed by atoms with Crippen LogP contribution < -0.4 is 5.32 Å². The molecule has 1 aliphatic carbocycles. The lowest BCUT2D eigenvalue weighted by molar-refractivity contribution is -0.139. The van der Waals surface area contributed by atoms with Crippen LogP contribution in [-0.4, -0.2) is 36.0 Å². The number of hydrogen-bond donors (Lipinski definition) is 1. The number of carbonyl (C=O) groups is 1. The SMILES string of the molecule is CCCN(CC1CC1)C(=O)C1(C)CCCCN1.Cl. The van der Waals surface area contributed by atoms with Crippen molar-refractivity contribution in [2.75, 3.05) is 19.6 Å². The normalized spacial score (nSPS) is 27.4. The third-order valence-electron chi connectivity index (χ3n) is 4.05. The molecule has 18 heavy (non-hydrogen) atoms. The maximum absolute atomic E-state index is 12.6. The van der Waals surface area contributed by atoms with Gasteiger partial charge >= 0.3 is 0 Å². The summed E-state index contributed by atoms with van der Waals surface area (Å²) in [6, 6.07) is 0. The highest BCUT2D eigenvalue weighted by atomic mass is 35.5. The fourth-order valence-electron chi connectivity index (χ4n) is 2.75. The van der Waals surface area contributed by atoms with Gasteiger partial charge in [-0.25, -0.2) is 0 Å². The molecule has 0 aromatic rings. The van der Waals surface area contributed by atoms with E-state index in [4.69, 9.17) is 0 Å². The summed E-state index contributed by atoms with van der Waals surface area (Å²) in [6.45, 7) is 7.15. The quantitative estimate of drug-likeness (QED) is 0.836. The molecule has 1 heterocycles. The van der Waals surface area contributed by atoms with Crippen LogP contribution in [0.1, 0.15) is 52.4 Å². The Hall–Kier alpha value is -0.280. The Morgan fingerprint density at radius 1 is 1.39 bits per heavy atom. The van der Waals surface area contributed by atoms with Crippen LogP contribution in [0.5, 0.6) is 0 Å². The second kappa shape index (κ2) is 6.76. The van der Waals surface area contributed by atoms with E-state index < -0.39 is 0 Å². The zero-order chi connectivity index (χ0) is 12.3. The highest BCUT2D eigenvalue weighted by Crippen LogP contribution is 2.31. The van der Waals surface area contributed by atoms with Gasteiger partial charge in [-0.3, -0.25) is 4.79 Å². The van der Waals surface area contributed by atoms with Crippen LogP contribution in [0.25, 0.3) is 0 Å². The molecule has 2 fully saturated rings. The molecule has 0 bridgehead atoms. The number of rotatable bonds is 5. The molecule has 0 aromatic carbocycles. The van der Waals surface area contributed by atoms with Crippen molar-refractivity contribution >= 4 is 18.3 Å². The molecule has 2 rings (SSSR count). The van der Waals surface area contributed by atoms with Gasteiger partial charge in [0.05, 0.1) is 5.54 Å². The minimum absolute atomic E-state index is 0. The van der Waals surface area contributed by atoms with Gasteiger partial charge in [0, 0.05) is 13.1 Å². The minimum atomic E-state index is -0.289. The van der Waals surface area contributed by atoms with E-state index in [1.165, 1.54) is 25.7 Å². The maximum atomic E-state index is 12.6. The first kappa shape index (κ1) is 15.8. The van der Waals surface area contributed by atoms with Gasteiger partial charge in [0.2, 0.25) is 5.91 Å². The number of nitrogens with zero attached hydrogens (tertiary/aromatic N) is 1. The Balaban J connectivity index is 0.00000162. The van der Waals surface area contributed by atoms with E-state index in [9.17, 15) is 4.79 Å². The fraction of sp³-hybridized carbons (Fsp3) is 0.929. The summed E-state index contributed by atoms with van der Waals surface area (Å²) >= 11 is 0. The molecule has 3 nitrogen and oxygen atoms in total. The van der Waals surface area contributed by atoms with Crippen LogP contribution >= 0.6 is 12.4 Å². The topological polar surface area (TPSA) is 32.3 Å². The Bertz CT molecular complexity index is 273. The average molecular weight is 275 g/mol. The van der Waals surface area contributed by atoms with Crippen molar-refractivity contribution in [3.8, 4) is 0 Å². The van der Waals surface area contributed by atoms with Crippen LogP contribution in [0.2, 0.25) is 0 Å². The van der Waals surface area contributed by atoms with Crippen molar-refractivity contribution in [2.24, 2.45) is 5.92 Å². The van der Waals surface area contributed by atoms with Crippen molar-refractivity contribution in [3.05, 3.63) is 0 Å². The molecule has 0 radical (unpaired) electrons. The molecule has 1 amide bonds. The van der Waals surface area contributed by atoms with Crippen molar-refractivity contribution in [1.82, 2.24) is 10.2 Å². The Labute approximate surface area is 117 Å². The van der Waals surface area contributed by atoms with Crippen LogP contribution in [-0.2, 0) is 4.79 Å². The van der Waals surface area contributed by atoms with Gasteiger partial charge in [0.25, 0.3) is 0 Å². The smallest absolute Gasteiger partial charge is 0.242 e. The molecule has 1 saturated heterocycles. The standard InChI is InChI=1S/C14H26N2O.ClH/c1-3-10-16(11-12-6-7-12)13(17)14(2)8-4-5-9-15-14;/h12,15H,3-11H2,1-2H3;1H. The van der Waals surface area contributed by atoms with E-state index in [-0.39, 0.29) is 17.9 Å². The summed E-state index contributed by atoms with van der Waals surface area (Å²) in [5.41, 5.74) is -0.289. The molecule has 106 valence electrons. The lowest BCUT2D eigenvalue weighted by Crippen LogP contribution is -2.58. The summed E-state index contributed by atoms with van der Waals surface area (Å²) in [7, 11) is 0. The van der Waals surface area contributed by atoms with Crippen molar-refractivity contribution < 1.29 is 4.79 Å². The predicted octanol–water partition coefficient (Wildman–Crippen LogP) is 2.59. The van der Waals surface area contributed by atoms with Gasteiger partial charge in [-0.05, 0) is 57.9 Å². The third-order valence-corrected chi connectivity index (χ3v) is 4.05. The molecule has 2 aliphatic rings. The number of nitrogens with one attached hydrogen (secondary N) is 1. The van der Waals surface area contributed by atoms with Gasteiger partial charge in [-0.15, -0.1) is 12.4 Å². The summed E-state index contributed by atoms with van der Waals surface area (Å²) in [5, 5.41) is 3.44. The molecule has 1 N–H and O–H groups in total. The Morgan fingerprint density at radius 2 is 2.11 bits per heavy atom. The lowest BCUT2D eigenvalue weighted by Gasteiger charge is -2.38. The van der Waals surface area contributed by atoms with E-state index in [1.807, 2.05) is 0 Å². The van der Waals surface area contributed by atoms with Crippen LogP contribution in [0, 0.1) is 5.92 Å². The van der Waals surface area contributed by atoms with Gasteiger partial charge < -0.3 is 10.2 Å². The Morgan fingerprint density at radius 3 is 2.61 bits per heavy atom. The average Bonchev–Trinajstić information content (AvgIpc) is 3.12. The minimum Gasteiger partial charge on any atom is -0.341 e. The largest absolute Gasteiger partial charge is 0.341 e. The number of piperidine rings is 1. The van der Waals surface area contributed by atoms with E-state index in [0.29, 0.717) is 5.91 Å². The summed E-state index contributed by atoms with van der Waals surface area (Å²) in [6.07, 6.45) is 7.08. The third kappa shape index (κ3) is 3.86. The fourth-order valence-corrected chi connectivity index (χ4v) is 2.75. The van der Waals surface area contributed by atoms with Gasteiger partial charge in [-0.2, -0.15) is 0 Å². The predicted molar refractivity (Wildman–Crippen MR) is 77.1 cm³/mol. The van der Waals surface area contributed by atoms with E-state index in [2.05, 4.69) is 24.1 Å². The molecule has 1 saturated carbocycles. The molecule has 1 atom stereocenters. The summed E-state index contributed by atoms with van der Waals surface area (Å²) < 4.78 is 0. The van der Waals surface area contributed by atoms with Crippen LogP contribution in [0.3, 0.4) is 0 Å². The molecular formula is C14H27ClN2O. The lowest BCUT2D eigenvalue weighted by atomic mass is 9.89. The molecule has 0 spiro atoms. The number of hydrogen-bond acceptors (Lipinski definition) is 2. The number of carbonyl (C=O) groups excluding carboxylic acids is 1. The molecule has 1 aliphatic heterocycles. The second-order valence-corrected chi connectivity index (χ2v) is 5.91. The first-order chi connectivity index (χ1) is 8.15. The second-order valence-electron chi connectivity index (χ2n) is 5.91. The molecule has 0 aromatic heterocycles. The van der Waals surface area contributed by atoms with Crippen LogP contribution in [0.4, 0.5) is 0 Å². The van der Waals surface area contributed by atoms with E-state index in [1.54, 1.807) is 0 Å². The highest BCUT2D eigenvalue weighted by Gasteiger charge is 2.38. The highest BCUT2D eigenvalue weighted by molar-refractivity contribution is 5.86. The van der Waals surface area contributed by atoms with Crippen molar-refractivity contribution in [3.63, 3.8) is 0 Å². The van der Waals surface area contributed by atoms with E-state index >= 15 is 0 Å². The maximum Gasteiger partial charge on any atom is 0.242 e. The van der Waals surface area contributed by atoms with Crippen molar-refractivity contribution in [1.29, 1.82) is 0 Å². The molecular weight excluding hydrogens is 248 g/mol. The molecule has 4 heteroatoms. The van der Waals surface area contributed by atoms with Gasteiger partial charge in [0.15, 0.2) is 0 Å². The van der Waals surface area contributed by atoms with E-state index in [0.717, 1.165) is 38.4 Å².